The second-order valence-corrected chi connectivity index (χ2v) is 7.14. The van der Waals surface area contributed by atoms with Crippen molar-refractivity contribution in [3.05, 3.63) is 74.4 Å². The highest BCUT2D eigenvalue weighted by Gasteiger charge is 2.12. The molecule has 2 aromatic carbocycles. The maximum Gasteiger partial charge on any atom is 0.136 e. The molecule has 26 heavy (non-hydrogen) atoms. The molecule has 0 bridgehead atoms. The summed E-state index contributed by atoms with van der Waals surface area (Å²) in [5.41, 5.74) is 3.21. The standard InChI is InChI=1S/C19H12Cl2FN3S/c1-11-2-4-14(22)7-17(11)24-9-12(8-23)19-25-18(10-26-19)15-5-3-13(20)6-16(15)21/h2-7,9-10,24H,1H3. The number of aryl methyl sites for hydroxylation is 1. The van der Waals surface area contributed by atoms with E-state index in [1.165, 1.54) is 29.7 Å². The smallest absolute Gasteiger partial charge is 0.136 e. The molecule has 3 rings (SSSR count). The number of hydrogen-bond donors (Lipinski definition) is 1. The number of hydrogen-bond acceptors (Lipinski definition) is 4. The van der Waals surface area contributed by atoms with Crippen LogP contribution in [0.1, 0.15) is 10.6 Å². The highest BCUT2D eigenvalue weighted by atomic mass is 35.5. The van der Waals surface area contributed by atoms with Gasteiger partial charge in [-0.2, -0.15) is 5.26 Å². The first-order valence-corrected chi connectivity index (χ1v) is 9.16. The molecule has 3 nitrogen and oxygen atoms in total. The van der Waals surface area contributed by atoms with E-state index in [9.17, 15) is 9.65 Å². The Bertz CT molecular complexity index is 1040. The fourth-order valence-corrected chi connectivity index (χ4v) is 3.55. The van der Waals surface area contributed by atoms with Gasteiger partial charge in [-0.3, -0.25) is 0 Å². The molecule has 0 saturated carbocycles. The Balaban J connectivity index is 1.88. The number of aromatic nitrogens is 1. The zero-order chi connectivity index (χ0) is 18.7. The highest BCUT2D eigenvalue weighted by molar-refractivity contribution is 7.11. The first-order chi connectivity index (χ1) is 12.5. The number of thiazole rings is 1. The van der Waals surface area contributed by atoms with Crippen molar-refractivity contribution in [3.63, 3.8) is 0 Å². The average molecular weight is 404 g/mol. The lowest BCUT2D eigenvalue weighted by Gasteiger charge is -2.05. The molecule has 0 spiro atoms. The zero-order valence-electron chi connectivity index (χ0n) is 13.6. The monoisotopic (exact) mass is 403 g/mol. The van der Waals surface area contributed by atoms with Crippen molar-refractivity contribution < 1.29 is 4.39 Å². The van der Waals surface area contributed by atoms with E-state index in [0.29, 0.717) is 32.0 Å². The number of anilines is 1. The first-order valence-electron chi connectivity index (χ1n) is 7.52. The molecule has 0 radical (unpaired) electrons. The Labute approximate surface area is 164 Å². The van der Waals surface area contributed by atoms with Gasteiger partial charge in [0.15, 0.2) is 0 Å². The number of rotatable bonds is 4. The molecule has 3 aromatic rings. The van der Waals surface area contributed by atoms with E-state index in [1.807, 2.05) is 12.3 Å². The molecule has 0 saturated heterocycles. The van der Waals surface area contributed by atoms with Gasteiger partial charge >= 0.3 is 0 Å². The van der Waals surface area contributed by atoms with Crippen LogP contribution >= 0.6 is 34.5 Å². The van der Waals surface area contributed by atoms with Gasteiger partial charge in [-0.25, -0.2) is 9.37 Å². The van der Waals surface area contributed by atoms with E-state index in [2.05, 4.69) is 16.4 Å². The van der Waals surface area contributed by atoms with Gasteiger partial charge in [0, 0.05) is 27.9 Å². The Morgan fingerprint density at radius 2 is 2.08 bits per heavy atom. The van der Waals surface area contributed by atoms with Gasteiger partial charge < -0.3 is 5.32 Å². The quantitative estimate of drug-likeness (QED) is 0.502. The predicted molar refractivity (Wildman–Crippen MR) is 106 cm³/mol. The SMILES string of the molecule is Cc1ccc(F)cc1NC=C(C#N)c1nc(-c2ccc(Cl)cc2Cl)cs1. The summed E-state index contributed by atoms with van der Waals surface area (Å²) in [6.07, 6.45) is 1.52. The van der Waals surface area contributed by atoms with Gasteiger partial charge in [0.05, 0.1) is 10.7 Å². The Morgan fingerprint density at radius 1 is 1.27 bits per heavy atom. The topological polar surface area (TPSA) is 48.7 Å². The first kappa shape index (κ1) is 18.4. The lowest BCUT2D eigenvalue weighted by atomic mass is 10.2. The van der Waals surface area contributed by atoms with E-state index >= 15 is 0 Å². The van der Waals surface area contributed by atoms with Crippen LogP contribution in [0.4, 0.5) is 10.1 Å². The fourth-order valence-electron chi connectivity index (χ4n) is 2.26. The number of nitrogens with one attached hydrogen (secondary N) is 1. The van der Waals surface area contributed by atoms with Crippen molar-refractivity contribution in [1.82, 2.24) is 4.98 Å². The number of nitriles is 1. The molecule has 0 unspecified atom stereocenters. The van der Waals surface area contributed by atoms with Gasteiger partial charge in [-0.05, 0) is 42.8 Å². The Hall–Kier alpha value is -2.39. The van der Waals surface area contributed by atoms with Gasteiger partial charge in [-0.1, -0.05) is 29.3 Å². The normalized spacial score (nSPS) is 11.3. The van der Waals surface area contributed by atoms with Crippen molar-refractivity contribution in [2.75, 3.05) is 5.32 Å². The molecule has 0 aliphatic heterocycles. The molecule has 1 N–H and O–H groups in total. The minimum absolute atomic E-state index is 0.343. The largest absolute Gasteiger partial charge is 0.360 e. The number of benzene rings is 2. The summed E-state index contributed by atoms with van der Waals surface area (Å²) in [7, 11) is 0. The van der Waals surface area contributed by atoms with Crippen LogP contribution in [-0.2, 0) is 0 Å². The average Bonchev–Trinajstić information content (AvgIpc) is 3.08. The third kappa shape index (κ3) is 4.05. The fraction of sp³-hybridized carbons (Fsp3) is 0.0526. The maximum absolute atomic E-state index is 13.4. The van der Waals surface area contributed by atoms with Crippen LogP contribution in [-0.4, -0.2) is 4.98 Å². The van der Waals surface area contributed by atoms with Crippen LogP contribution in [0.3, 0.4) is 0 Å². The van der Waals surface area contributed by atoms with E-state index in [4.69, 9.17) is 23.2 Å². The summed E-state index contributed by atoms with van der Waals surface area (Å²) in [5, 5.41) is 15.8. The molecule has 7 heteroatoms. The summed E-state index contributed by atoms with van der Waals surface area (Å²) in [6, 6.07) is 11.7. The summed E-state index contributed by atoms with van der Waals surface area (Å²) < 4.78 is 13.4. The molecule has 0 aliphatic rings. The van der Waals surface area contributed by atoms with Crippen molar-refractivity contribution in [1.29, 1.82) is 5.26 Å². The number of allylic oxidation sites excluding steroid dienone is 1. The molecule has 1 heterocycles. The van der Waals surface area contributed by atoms with Gasteiger partial charge in [-0.15, -0.1) is 11.3 Å². The second kappa shape index (κ2) is 7.88. The van der Waals surface area contributed by atoms with Gasteiger partial charge in [0.2, 0.25) is 0 Å². The molecule has 130 valence electrons. The van der Waals surface area contributed by atoms with Crippen molar-refractivity contribution in [3.8, 4) is 17.3 Å². The summed E-state index contributed by atoms with van der Waals surface area (Å²) in [6.45, 7) is 1.85. The molecule has 0 fully saturated rings. The summed E-state index contributed by atoms with van der Waals surface area (Å²) in [4.78, 5) is 4.48. The summed E-state index contributed by atoms with van der Waals surface area (Å²) >= 11 is 13.5. The molecule has 0 amide bonds. The molecular weight excluding hydrogens is 392 g/mol. The Morgan fingerprint density at radius 3 is 2.81 bits per heavy atom. The van der Waals surface area contributed by atoms with Crippen molar-refractivity contribution in [2.45, 2.75) is 6.92 Å². The Kier molecular flexibility index (Phi) is 5.58. The number of nitrogens with zero attached hydrogens (tertiary/aromatic N) is 2. The van der Waals surface area contributed by atoms with Crippen LogP contribution in [0, 0.1) is 24.1 Å². The van der Waals surface area contributed by atoms with Crippen molar-refractivity contribution >= 4 is 45.8 Å². The maximum atomic E-state index is 13.4. The van der Waals surface area contributed by atoms with Crippen LogP contribution in [0.15, 0.2) is 48.0 Å². The molecule has 1 aromatic heterocycles. The number of halogens is 3. The lowest BCUT2D eigenvalue weighted by molar-refractivity contribution is 0.628. The van der Waals surface area contributed by atoms with Crippen LogP contribution < -0.4 is 5.32 Å². The highest BCUT2D eigenvalue weighted by Crippen LogP contribution is 2.32. The third-order valence-electron chi connectivity index (χ3n) is 3.63. The lowest BCUT2D eigenvalue weighted by Crippen LogP contribution is -1.94. The second-order valence-electron chi connectivity index (χ2n) is 5.44. The molecule has 0 aliphatic carbocycles. The van der Waals surface area contributed by atoms with Gasteiger partial charge in [0.1, 0.15) is 22.5 Å². The molecular formula is C19H12Cl2FN3S. The van der Waals surface area contributed by atoms with E-state index in [0.717, 1.165) is 11.1 Å². The molecule has 0 atom stereocenters. The minimum Gasteiger partial charge on any atom is -0.360 e. The summed E-state index contributed by atoms with van der Waals surface area (Å²) in [5.74, 6) is -0.348. The third-order valence-corrected chi connectivity index (χ3v) is 5.06. The van der Waals surface area contributed by atoms with E-state index in [-0.39, 0.29) is 5.82 Å². The van der Waals surface area contributed by atoms with Gasteiger partial charge in [0.25, 0.3) is 0 Å². The van der Waals surface area contributed by atoms with E-state index in [1.54, 1.807) is 24.3 Å². The van der Waals surface area contributed by atoms with Crippen LogP contribution in [0.25, 0.3) is 16.8 Å². The van der Waals surface area contributed by atoms with E-state index < -0.39 is 0 Å². The van der Waals surface area contributed by atoms with Crippen LogP contribution in [0.5, 0.6) is 0 Å². The predicted octanol–water partition coefficient (Wildman–Crippen LogP) is 6.54. The van der Waals surface area contributed by atoms with Crippen LogP contribution in [0.2, 0.25) is 10.0 Å². The van der Waals surface area contributed by atoms with Crippen molar-refractivity contribution in [2.24, 2.45) is 0 Å². The zero-order valence-corrected chi connectivity index (χ0v) is 15.9. The minimum atomic E-state index is -0.348.